The van der Waals surface area contributed by atoms with Crippen LogP contribution >= 0.6 is 0 Å². The first-order valence-electron chi connectivity index (χ1n) is 12.3. The van der Waals surface area contributed by atoms with Crippen molar-refractivity contribution in [1.82, 2.24) is 9.88 Å². The molecule has 1 aromatic heterocycles. The first kappa shape index (κ1) is 25.4. The molecule has 3 aromatic rings. The first-order chi connectivity index (χ1) is 17.9. The minimum Gasteiger partial charge on any atom is -0.497 e. The van der Waals surface area contributed by atoms with Crippen LogP contribution in [0.3, 0.4) is 0 Å². The van der Waals surface area contributed by atoms with Gasteiger partial charge in [0.25, 0.3) is 0 Å². The van der Waals surface area contributed by atoms with Crippen molar-refractivity contribution in [3.63, 3.8) is 0 Å². The highest BCUT2D eigenvalue weighted by Crippen LogP contribution is 2.44. The topological polar surface area (TPSA) is 105 Å². The van der Waals surface area contributed by atoms with Crippen LogP contribution in [0, 0.1) is 11.7 Å². The molecule has 0 amide bonds. The van der Waals surface area contributed by atoms with Crippen molar-refractivity contribution in [3.8, 4) is 17.2 Å². The molecule has 5 rings (SSSR count). The number of hydrogen-bond acceptors (Lipinski definition) is 8. The lowest BCUT2D eigenvalue weighted by atomic mass is 9.93. The highest BCUT2D eigenvalue weighted by molar-refractivity contribution is 5.28. The Balaban J connectivity index is 1.13. The number of rotatable bonds is 9. The summed E-state index contributed by atoms with van der Waals surface area (Å²) in [7, 11) is 1.62. The van der Waals surface area contributed by atoms with Crippen LogP contribution in [0.15, 0.2) is 66.9 Å². The monoisotopic (exact) mass is 510 g/mol. The Bertz CT molecular complexity index is 1190. The van der Waals surface area contributed by atoms with Gasteiger partial charge in [-0.25, -0.2) is 4.39 Å². The van der Waals surface area contributed by atoms with Gasteiger partial charge in [0.1, 0.15) is 42.0 Å². The largest absolute Gasteiger partial charge is 0.497 e. The lowest BCUT2D eigenvalue weighted by Gasteiger charge is -2.29. The number of ether oxygens (including phenoxy) is 3. The third-order valence-electron chi connectivity index (χ3n) is 7.25. The molecule has 2 heterocycles. The average Bonchev–Trinajstić information content (AvgIpc) is 3.34. The van der Waals surface area contributed by atoms with Gasteiger partial charge in [0, 0.05) is 25.6 Å². The van der Waals surface area contributed by atoms with E-state index in [0.717, 1.165) is 11.3 Å². The van der Waals surface area contributed by atoms with Gasteiger partial charge >= 0.3 is 0 Å². The number of halogens is 1. The fourth-order valence-electron chi connectivity index (χ4n) is 5.22. The molecule has 0 radical (unpaired) electrons. The summed E-state index contributed by atoms with van der Waals surface area (Å²) in [5, 5.41) is 32.8. The summed E-state index contributed by atoms with van der Waals surface area (Å²) in [5.41, 5.74) is 0.0932. The number of aliphatic hydroxyl groups excluding tert-OH is 2. The van der Waals surface area contributed by atoms with Gasteiger partial charge in [-0.15, -0.1) is 0 Å². The number of hydrogen-bond donors (Lipinski definition) is 3. The average molecular weight is 511 g/mol. The number of benzene rings is 2. The second kappa shape index (κ2) is 10.6. The molecule has 1 unspecified atom stereocenters. The maximum atomic E-state index is 14.0. The maximum absolute atomic E-state index is 14.0. The number of aliphatic hydroxyl groups is 3. The number of fused-ring (bicyclic) bond motifs is 1. The van der Waals surface area contributed by atoms with Crippen LogP contribution in [-0.2, 0) is 6.61 Å². The van der Waals surface area contributed by atoms with E-state index in [-0.39, 0.29) is 24.8 Å². The van der Waals surface area contributed by atoms with Crippen LogP contribution < -0.4 is 14.2 Å². The second-order valence-electron chi connectivity index (χ2n) is 9.72. The van der Waals surface area contributed by atoms with Crippen molar-refractivity contribution in [2.75, 3.05) is 26.7 Å². The highest BCUT2D eigenvalue weighted by Gasteiger charge is 2.59. The van der Waals surface area contributed by atoms with Gasteiger partial charge in [0.15, 0.2) is 11.6 Å². The maximum Gasteiger partial charge on any atom is 0.165 e. The highest BCUT2D eigenvalue weighted by atomic mass is 19.1. The molecule has 2 fully saturated rings. The standard InChI is InChI=1S/C28H31FN2O6/c1-35-20-8-6-18(7-9-20)16-36-21-10-11-23(30-13-21)24(32)15-31-14-19-12-26(27(33)28(19,34)17-31)37-25-5-3-2-4-22(25)29/h2-11,13,19,24,26-27,32-34H,12,14-17H2,1H3/t19-,24?,26+,27+,28-/m1/s1. The quantitative estimate of drug-likeness (QED) is 0.404. The van der Waals surface area contributed by atoms with E-state index in [2.05, 4.69) is 4.98 Å². The van der Waals surface area contributed by atoms with Crippen LogP contribution in [0.4, 0.5) is 4.39 Å². The Morgan fingerprint density at radius 2 is 1.86 bits per heavy atom. The van der Waals surface area contributed by atoms with E-state index in [1.807, 2.05) is 29.2 Å². The third kappa shape index (κ3) is 5.40. The molecule has 1 aliphatic heterocycles. The van der Waals surface area contributed by atoms with E-state index in [0.29, 0.717) is 31.0 Å². The molecular weight excluding hydrogens is 479 g/mol. The number of aromatic nitrogens is 1. The van der Waals surface area contributed by atoms with Crippen LogP contribution in [0.2, 0.25) is 0 Å². The molecule has 5 atom stereocenters. The van der Waals surface area contributed by atoms with Crippen molar-refractivity contribution >= 4 is 0 Å². The number of pyridine rings is 1. The zero-order valence-electron chi connectivity index (χ0n) is 20.5. The molecule has 3 N–H and O–H groups in total. The predicted molar refractivity (Wildman–Crippen MR) is 133 cm³/mol. The Labute approximate surface area is 214 Å². The van der Waals surface area contributed by atoms with Crippen molar-refractivity contribution in [2.45, 2.75) is 36.9 Å². The second-order valence-corrected chi connectivity index (χ2v) is 9.72. The van der Waals surface area contributed by atoms with Crippen LogP contribution in [0.1, 0.15) is 23.8 Å². The fourth-order valence-corrected chi connectivity index (χ4v) is 5.22. The van der Waals surface area contributed by atoms with E-state index in [4.69, 9.17) is 14.2 Å². The van der Waals surface area contributed by atoms with E-state index >= 15 is 0 Å². The molecule has 9 heteroatoms. The van der Waals surface area contributed by atoms with E-state index < -0.39 is 29.7 Å². The minimum absolute atomic E-state index is 0.0601. The summed E-state index contributed by atoms with van der Waals surface area (Å²) in [6, 6.07) is 17.1. The summed E-state index contributed by atoms with van der Waals surface area (Å²) in [6.07, 6.45) is -0.786. The minimum atomic E-state index is -1.39. The normalized spacial score (nSPS) is 26.0. The Morgan fingerprint density at radius 1 is 1.11 bits per heavy atom. The number of likely N-dealkylation sites (tertiary alicyclic amines) is 1. The molecule has 1 saturated heterocycles. The fraction of sp³-hybridized carbons (Fsp3) is 0.393. The van der Waals surface area contributed by atoms with Crippen molar-refractivity contribution in [2.24, 2.45) is 5.92 Å². The Kier molecular flexibility index (Phi) is 7.30. The Morgan fingerprint density at radius 3 is 2.54 bits per heavy atom. The van der Waals surface area contributed by atoms with Gasteiger partial charge < -0.3 is 29.5 Å². The molecule has 1 saturated carbocycles. The molecular formula is C28H31FN2O6. The van der Waals surface area contributed by atoms with Crippen LogP contribution in [0.5, 0.6) is 17.2 Å². The summed E-state index contributed by atoms with van der Waals surface area (Å²) in [6.45, 7) is 1.29. The zero-order chi connectivity index (χ0) is 26.0. The molecule has 196 valence electrons. The summed E-state index contributed by atoms with van der Waals surface area (Å²) >= 11 is 0. The van der Waals surface area contributed by atoms with Gasteiger partial charge in [0.05, 0.1) is 19.0 Å². The molecule has 1 aliphatic carbocycles. The molecule has 0 bridgehead atoms. The van der Waals surface area contributed by atoms with Crippen molar-refractivity contribution in [3.05, 3.63) is 83.9 Å². The van der Waals surface area contributed by atoms with E-state index in [1.54, 1.807) is 37.6 Å². The van der Waals surface area contributed by atoms with E-state index in [9.17, 15) is 19.7 Å². The molecule has 8 nitrogen and oxygen atoms in total. The number of β-amino-alcohol motifs (C(OH)–C–C–N with tert-alkyl or cyclic N) is 2. The van der Waals surface area contributed by atoms with Gasteiger partial charge in [0.2, 0.25) is 0 Å². The van der Waals surface area contributed by atoms with Crippen molar-refractivity contribution < 1.29 is 33.9 Å². The summed E-state index contributed by atoms with van der Waals surface area (Å²) < 4.78 is 30.6. The van der Waals surface area contributed by atoms with Gasteiger partial charge in [-0.05, 0) is 48.4 Å². The number of para-hydroxylation sites is 1. The first-order valence-corrected chi connectivity index (χ1v) is 12.3. The smallest absolute Gasteiger partial charge is 0.165 e. The molecule has 37 heavy (non-hydrogen) atoms. The Hall–Kier alpha value is -3.24. The summed E-state index contributed by atoms with van der Waals surface area (Å²) in [4.78, 5) is 6.25. The number of methoxy groups -OCH3 is 1. The molecule has 0 spiro atoms. The molecule has 2 aliphatic rings. The lowest BCUT2D eigenvalue weighted by molar-refractivity contribution is -0.0879. The van der Waals surface area contributed by atoms with E-state index in [1.165, 1.54) is 12.1 Å². The predicted octanol–water partition coefficient (Wildman–Crippen LogP) is 2.72. The van der Waals surface area contributed by atoms with Gasteiger partial charge in [-0.1, -0.05) is 24.3 Å². The van der Waals surface area contributed by atoms with Crippen LogP contribution in [-0.4, -0.2) is 69.8 Å². The molecule has 2 aromatic carbocycles. The van der Waals surface area contributed by atoms with Gasteiger partial charge in [-0.3, -0.25) is 9.88 Å². The summed E-state index contributed by atoms with van der Waals surface area (Å²) in [5.74, 6) is 0.662. The third-order valence-corrected chi connectivity index (χ3v) is 7.25. The van der Waals surface area contributed by atoms with Gasteiger partial charge in [-0.2, -0.15) is 0 Å². The van der Waals surface area contributed by atoms with Crippen molar-refractivity contribution in [1.29, 1.82) is 0 Å². The number of nitrogens with zero attached hydrogens (tertiary/aromatic N) is 2. The van der Waals surface area contributed by atoms with Crippen LogP contribution in [0.25, 0.3) is 0 Å². The lowest BCUT2D eigenvalue weighted by Crippen LogP contribution is -2.49. The zero-order valence-corrected chi connectivity index (χ0v) is 20.5. The SMILES string of the molecule is COc1ccc(COc2ccc(C(O)CN3C[C@H]4C[C@H](Oc5ccccc5F)[C@H](O)[C@@]4(O)C3)nc2)cc1.